The minimum absolute atomic E-state index is 0.0291. The number of methoxy groups -OCH3 is 1. The number of carbonyl (C=O) groups excluding carboxylic acids is 3. The van der Waals surface area contributed by atoms with E-state index in [-0.39, 0.29) is 28.1 Å². The average molecular weight is 434 g/mol. The van der Waals surface area contributed by atoms with Crippen molar-refractivity contribution in [2.75, 3.05) is 32.3 Å². The molecule has 0 atom stereocenters. The van der Waals surface area contributed by atoms with Gasteiger partial charge in [0.15, 0.2) is 5.58 Å². The number of rotatable bonds is 6. The Morgan fingerprint density at radius 1 is 1.28 bits per heavy atom. The van der Waals surface area contributed by atoms with Crippen molar-refractivity contribution in [2.45, 2.75) is 12.1 Å². The van der Waals surface area contributed by atoms with Gasteiger partial charge in [-0.05, 0) is 24.6 Å². The van der Waals surface area contributed by atoms with Gasteiger partial charge in [0.05, 0.1) is 23.3 Å². The minimum atomic E-state index is -0.613. The van der Waals surface area contributed by atoms with Gasteiger partial charge in [0, 0.05) is 14.1 Å². The molecule has 1 N–H and O–H groups in total. The SMILES string of the molecule is COC(=O)c1c(NC(=O)CSc2nc3ccccc3o2)sc(C(=O)N(C)C)c1C. The molecule has 0 bridgehead atoms. The monoisotopic (exact) mass is 433 g/mol. The lowest BCUT2D eigenvalue weighted by Gasteiger charge is -2.08. The number of carbonyl (C=O) groups is 3. The maximum Gasteiger partial charge on any atom is 0.341 e. The molecule has 0 saturated carbocycles. The fraction of sp³-hybridized carbons (Fsp3) is 0.263. The van der Waals surface area contributed by atoms with E-state index in [1.807, 2.05) is 18.2 Å². The lowest BCUT2D eigenvalue weighted by atomic mass is 10.1. The zero-order valence-corrected chi connectivity index (χ0v) is 17.9. The Labute approximate surface area is 175 Å². The number of fused-ring (bicyclic) bond motifs is 1. The van der Waals surface area contributed by atoms with Crippen molar-refractivity contribution in [3.05, 3.63) is 40.3 Å². The first-order valence-corrected chi connectivity index (χ1v) is 10.3. The zero-order valence-electron chi connectivity index (χ0n) is 16.3. The summed E-state index contributed by atoms with van der Waals surface area (Å²) in [5, 5.41) is 3.36. The van der Waals surface area contributed by atoms with Crippen LogP contribution in [-0.4, -0.2) is 54.6 Å². The molecule has 10 heteroatoms. The number of nitrogens with one attached hydrogen (secondary N) is 1. The van der Waals surface area contributed by atoms with Gasteiger partial charge in [0.1, 0.15) is 10.5 Å². The third-order valence-electron chi connectivity index (χ3n) is 3.99. The Morgan fingerprint density at radius 3 is 2.66 bits per heavy atom. The molecular weight excluding hydrogens is 414 g/mol. The van der Waals surface area contributed by atoms with Crippen LogP contribution in [0.25, 0.3) is 11.1 Å². The number of ether oxygens (including phenoxy) is 1. The van der Waals surface area contributed by atoms with Crippen LogP contribution >= 0.6 is 23.1 Å². The number of hydrogen-bond donors (Lipinski definition) is 1. The van der Waals surface area contributed by atoms with Crippen LogP contribution in [0.3, 0.4) is 0 Å². The highest BCUT2D eigenvalue weighted by Crippen LogP contribution is 2.34. The number of para-hydroxylation sites is 2. The second kappa shape index (κ2) is 8.66. The highest BCUT2D eigenvalue weighted by atomic mass is 32.2. The predicted molar refractivity (Wildman–Crippen MR) is 112 cm³/mol. The molecule has 3 rings (SSSR count). The van der Waals surface area contributed by atoms with Gasteiger partial charge in [0.2, 0.25) is 5.91 Å². The molecule has 0 aliphatic rings. The number of nitrogens with zero attached hydrogens (tertiary/aromatic N) is 2. The van der Waals surface area contributed by atoms with Gasteiger partial charge >= 0.3 is 5.97 Å². The molecule has 0 fully saturated rings. The van der Waals surface area contributed by atoms with Crippen molar-refractivity contribution >= 4 is 57.0 Å². The molecular formula is C19H19N3O5S2. The van der Waals surface area contributed by atoms with Gasteiger partial charge in [-0.2, -0.15) is 0 Å². The second-order valence-electron chi connectivity index (χ2n) is 6.24. The number of benzene rings is 1. The van der Waals surface area contributed by atoms with Gasteiger partial charge in [0.25, 0.3) is 11.1 Å². The van der Waals surface area contributed by atoms with E-state index in [0.717, 1.165) is 23.1 Å². The van der Waals surface area contributed by atoms with Crippen molar-refractivity contribution in [3.63, 3.8) is 0 Å². The van der Waals surface area contributed by atoms with Gasteiger partial charge in [-0.1, -0.05) is 23.9 Å². The number of oxazole rings is 1. The molecule has 3 aromatic rings. The van der Waals surface area contributed by atoms with Crippen LogP contribution in [0.4, 0.5) is 5.00 Å². The smallest absolute Gasteiger partial charge is 0.341 e. The van der Waals surface area contributed by atoms with Crippen LogP contribution in [0.5, 0.6) is 0 Å². The number of thioether (sulfide) groups is 1. The van der Waals surface area contributed by atoms with Crippen LogP contribution in [0.1, 0.15) is 25.6 Å². The number of esters is 1. The van der Waals surface area contributed by atoms with Crippen LogP contribution in [0.2, 0.25) is 0 Å². The molecule has 1 aromatic carbocycles. The van der Waals surface area contributed by atoms with E-state index >= 15 is 0 Å². The van der Waals surface area contributed by atoms with Crippen LogP contribution in [-0.2, 0) is 9.53 Å². The summed E-state index contributed by atoms with van der Waals surface area (Å²) >= 11 is 2.19. The average Bonchev–Trinajstić information content (AvgIpc) is 3.25. The molecule has 29 heavy (non-hydrogen) atoms. The van der Waals surface area contributed by atoms with Gasteiger partial charge in [-0.15, -0.1) is 11.3 Å². The van der Waals surface area contributed by atoms with E-state index in [1.54, 1.807) is 27.1 Å². The first-order valence-electron chi connectivity index (χ1n) is 8.53. The van der Waals surface area contributed by atoms with Crippen molar-refractivity contribution in [2.24, 2.45) is 0 Å². The molecule has 2 heterocycles. The molecule has 2 amide bonds. The third kappa shape index (κ3) is 4.43. The standard InChI is InChI=1S/C19H19N3O5S2/c1-10-14(18(25)26-4)16(29-15(10)17(24)22(2)3)21-13(23)9-28-19-20-11-7-5-6-8-12(11)27-19/h5-8H,9H2,1-4H3,(H,21,23). The number of anilines is 1. The summed E-state index contributed by atoms with van der Waals surface area (Å²) < 4.78 is 10.4. The van der Waals surface area contributed by atoms with Crippen LogP contribution in [0, 0.1) is 6.92 Å². The number of thiophene rings is 1. The summed E-state index contributed by atoms with van der Waals surface area (Å²) in [6, 6.07) is 7.32. The molecule has 0 radical (unpaired) electrons. The lowest BCUT2D eigenvalue weighted by Crippen LogP contribution is -2.21. The number of aromatic nitrogens is 1. The highest BCUT2D eigenvalue weighted by Gasteiger charge is 2.27. The van der Waals surface area contributed by atoms with E-state index in [2.05, 4.69) is 10.3 Å². The van der Waals surface area contributed by atoms with Crippen molar-refractivity contribution < 1.29 is 23.5 Å². The molecule has 8 nitrogen and oxygen atoms in total. The van der Waals surface area contributed by atoms with Crippen molar-refractivity contribution in [1.29, 1.82) is 0 Å². The molecule has 152 valence electrons. The van der Waals surface area contributed by atoms with Crippen LogP contribution in [0.15, 0.2) is 33.9 Å². The van der Waals surface area contributed by atoms with E-state index in [0.29, 0.717) is 26.8 Å². The third-order valence-corrected chi connectivity index (χ3v) is 6.01. The van der Waals surface area contributed by atoms with Gasteiger partial charge in [-0.25, -0.2) is 9.78 Å². The number of hydrogen-bond acceptors (Lipinski definition) is 8. The zero-order chi connectivity index (χ0) is 21.1. The predicted octanol–water partition coefficient (Wildman–Crippen LogP) is 3.42. The maximum atomic E-state index is 12.4. The summed E-state index contributed by atoms with van der Waals surface area (Å²) in [4.78, 5) is 43.1. The Morgan fingerprint density at radius 2 is 2.00 bits per heavy atom. The normalized spacial score (nSPS) is 10.8. The summed E-state index contributed by atoms with van der Waals surface area (Å²) in [5.41, 5.74) is 2.01. The fourth-order valence-corrected chi connectivity index (χ4v) is 4.43. The second-order valence-corrected chi connectivity index (χ2v) is 8.18. The molecule has 0 unspecified atom stereocenters. The Kier molecular flexibility index (Phi) is 6.23. The first-order chi connectivity index (χ1) is 13.8. The first kappa shape index (κ1) is 20.9. The van der Waals surface area contributed by atoms with Gasteiger partial charge in [-0.3, -0.25) is 9.59 Å². The van der Waals surface area contributed by atoms with Gasteiger partial charge < -0.3 is 19.4 Å². The Bertz CT molecular complexity index is 1050. The van der Waals surface area contributed by atoms with E-state index < -0.39 is 5.97 Å². The maximum absolute atomic E-state index is 12.4. The highest BCUT2D eigenvalue weighted by molar-refractivity contribution is 7.99. The summed E-state index contributed by atoms with van der Waals surface area (Å²) in [7, 11) is 4.49. The molecule has 0 saturated heterocycles. The summed E-state index contributed by atoms with van der Waals surface area (Å²) in [6.45, 7) is 1.65. The Hall–Kier alpha value is -2.85. The molecule has 0 aliphatic carbocycles. The van der Waals surface area contributed by atoms with E-state index in [1.165, 1.54) is 12.0 Å². The molecule has 0 aliphatic heterocycles. The minimum Gasteiger partial charge on any atom is -0.465 e. The van der Waals surface area contributed by atoms with E-state index in [4.69, 9.17) is 9.15 Å². The molecule has 0 spiro atoms. The summed E-state index contributed by atoms with van der Waals surface area (Å²) in [5.74, 6) is -1.19. The Balaban J connectivity index is 1.77. The lowest BCUT2D eigenvalue weighted by molar-refractivity contribution is -0.113. The van der Waals surface area contributed by atoms with Crippen molar-refractivity contribution in [3.8, 4) is 0 Å². The topological polar surface area (TPSA) is 102 Å². The molecule has 2 aromatic heterocycles. The largest absolute Gasteiger partial charge is 0.465 e. The van der Waals surface area contributed by atoms with Crippen molar-refractivity contribution in [1.82, 2.24) is 9.88 Å². The van der Waals surface area contributed by atoms with Crippen LogP contribution < -0.4 is 5.32 Å². The quantitative estimate of drug-likeness (QED) is 0.469. The summed E-state index contributed by atoms with van der Waals surface area (Å²) in [6.07, 6.45) is 0. The van der Waals surface area contributed by atoms with E-state index in [9.17, 15) is 14.4 Å². The number of amides is 2. The fourth-order valence-electron chi connectivity index (χ4n) is 2.56.